The Labute approximate surface area is 147 Å². The van der Waals surface area contributed by atoms with Crippen molar-refractivity contribution in [1.29, 1.82) is 0 Å². The first-order valence-electron chi connectivity index (χ1n) is 8.14. The number of hydrogen-bond acceptors (Lipinski definition) is 4. The Morgan fingerprint density at radius 3 is 2.71 bits per heavy atom. The summed E-state index contributed by atoms with van der Waals surface area (Å²) in [5.74, 6) is 0.775. The molecule has 0 saturated carbocycles. The summed E-state index contributed by atoms with van der Waals surface area (Å²) in [7, 11) is 1.63. The van der Waals surface area contributed by atoms with Crippen LogP contribution in [0.15, 0.2) is 53.4 Å². The monoisotopic (exact) mass is 342 g/mol. The molecule has 0 fully saturated rings. The summed E-state index contributed by atoms with van der Waals surface area (Å²) in [5.41, 5.74) is 1.93. The topological polar surface area (TPSA) is 41.6 Å². The maximum atomic E-state index is 12.4. The van der Waals surface area contributed by atoms with E-state index in [0.717, 1.165) is 30.1 Å². The van der Waals surface area contributed by atoms with Gasteiger partial charge in [-0.05, 0) is 42.8 Å². The van der Waals surface area contributed by atoms with E-state index in [1.165, 1.54) is 4.90 Å². The molecule has 0 spiro atoms. The fourth-order valence-corrected chi connectivity index (χ4v) is 4.04. The van der Waals surface area contributed by atoms with Gasteiger partial charge in [-0.15, -0.1) is 11.8 Å². The van der Waals surface area contributed by atoms with E-state index in [2.05, 4.69) is 35.3 Å². The summed E-state index contributed by atoms with van der Waals surface area (Å²) < 4.78 is 5.14. The van der Waals surface area contributed by atoms with Crippen LogP contribution >= 0.6 is 11.8 Å². The molecule has 3 rings (SSSR count). The Morgan fingerprint density at radius 1 is 1.25 bits per heavy atom. The van der Waals surface area contributed by atoms with Crippen molar-refractivity contribution in [3.63, 3.8) is 0 Å². The molecule has 0 aromatic heterocycles. The maximum Gasteiger partial charge on any atom is 0.243 e. The zero-order valence-corrected chi connectivity index (χ0v) is 14.8. The first-order chi connectivity index (χ1) is 11.7. The number of nitrogens with zero attached hydrogens (tertiary/aromatic N) is 1. The Kier molecular flexibility index (Phi) is 5.30. The van der Waals surface area contributed by atoms with E-state index in [9.17, 15) is 4.79 Å². The van der Waals surface area contributed by atoms with Gasteiger partial charge in [0, 0.05) is 22.4 Å². The van der Waals surface area contributed by atoms with E-state index < -0.39 is 0 Å². The molecular weight excluding hydrogens is 320 g/mol. The number of carbonyl (C=O) groups excluding carboxylic acids is 1. The number of ether oxygens (including phenoxy) is 1. The van der Waals surface area contributed by atoms with Crippen LogP contribution in [0.2, 0.25) is 0 Å². The van der Waals surface area contributed by atoms with Gasteiger partial charge in [-0.3, -0.25) is 4.79 Å². The molecule has 1 amide bonds. The highest BCUT2D eigenvalue weighted by molar-refractivity contribution is 8.00. The van der Waals surface area contributed by atoms with Gasteiger partial charge in [-0.25, -0.2) is 0 Å². The van der Waals surface area contributed by atoms with Crippen molar-refractivity contribution in [2.75, 3.05) is 30.4 Å². The lowest BCUT2D eigenvalue weighted by atomic mass is 10.2. The van der Waals surface area contributed by atoms with Crippen LogP contribution in [0.3, 0.4) is 0 Å². The third-order valence-electron chi connectivity index (χ3n) is 4.09. The molecule has 2 aromatic carbocycles. The highest BCUT2D eigenvalue weighted by Crippen LogP contribution is 2.39. The molecule has 1 atom stereocenters. The van der Waals surface area contributed by atoms with Gasteiger partial charge in [0.05, 0.1) is 19.3 Å². The minimum absolute atomic E-state index is 0.00303. The summed E-state index contributed by atoms with van der Waals surface area (Å²) in [4.78, 5) is 15.9. The molecule has 24 heavy (non-hydrogen) atoms. The van der Waals surface area contributed by atoms with E-state index in [0.29, 0.717) is 11.8 Å². The molecule has 0 radical (unpaired) electrons. The number of para-hydroxylation sites is 1. The highest BCUT2D eigenvalue weighted by Gasteiger charge is 2.25. The predicted octanol–water partition coefficient (Wildman–Crippen LogP) is 4.02. The maximum absolute atomic E-state index is 12.4. The number of nitrogens with one attached hydrogen (secondary N) is 1. The Morgan fingerprint density at radius 2 is 2.00 bits per heavy atom. The molecule has 1 N–H and O–H groups in total. The lowest BCUT2D eigenvalue weighted by Gasteiger charge is -2.34. The summed E-state index contributed by atoms with van der Waals surface area (Å²) in [6, 6.07) is 15.7. The average molecular weight is 342 g/mol. The van der Waals surface area contributed by atoms with Crippen LogP contribution < -0.4 is 15.0 Å². The van der Waals surface area contributed by atoms with Crippen LogP contribution in [0.1, 0.15) is 13.3 Å². The van der Waals surface area contributed by atoms with Gasteiger partial charge in [0.15, 0.2) is 0 Å². The standard InChI is InChI=1S/C19H22N2O2S/c1-3-16-12-21(17-6-4-5-7-18(17)24-16)13-19(22)20-14-8-10-15(23-2)11-9-14/h4-11,16H,3,12-13H2,1-2H3,(H,20,22). The number of fused-ring (bicyclic) bond motifs is 1. The molecule has 4 nitrogen and oxygen atoms in total. The Bertz CT molecular complexity index is 703. The minimum atomic E-state index is -0.00303. The van der Waals surface area contributed by atoms with Gasteiger partial charge in [0.1, 0.15) is 5.75 Å². The number of rotatable bonds is 5. The molecule has 1 unspecified atom stereocenters. The lowest BCUT2D eigenvalue weighted by molar-refractivity contribution is -0.115. The van der Waals surface area contributed by atoms with Gasteiger partial charge < -0.3 is 15.0 Å². The smallest absolute Gasteiger partial charge is 0.243 e. The number of carbonyl (C=O) groups is 1. The molecule has 1 heterocycles. The Balaban J connectivity index is 1.69. The molecular formula is C19H22N2O2S. The van der Waals surface area contributed by atoms with Crippen LogP contribution in [0.25, 0.3) is 0 Å². The zero-order chi connectivity index (χ0) is 16.9. The van der Waals surface area contributed by atoms with Gasteiger partial charge in [0.25, 0.3) is 0 Å². The fraction of sp³-hybridized carbons (Fsp3) is 0.316. The van der Waals surface area contributed by atoms with Crippen molar-refractivity contribution >= 4 is 29.0 Å². The Hall–Kier alpha value is -2.14. The summed E-state index contributed by atoms with van der Waals surface area (Å²) in [5, 5.41) is 3.48. The molecule has 1 aliphatic heterocycles. The number of thioether (sulfide) groups is 1. The van der Waals surface area contributed by atoms with Crippen molar-refractivity contribution in [1.82, 2.24) is 0 Å². The third kappa shape index (κ3) is 3.85. The largest absolute Gasteiger partial charge is 0.497 e. The molecule has 0 bridgehead atoms. The number of benzene rings is 2. The second-order valence-corrected chi connectivity index (χ2v) is 7.12. The molecule has 0 saturated heterocycles. The molecule has 0 aliphatic carbocycles. The second kappa shape index (κ2) is 7.62. The molecule has 1 aliphatic rings. The third-order valence-corrected chi connectivity index (χ3v) is 5.50. The highest BCUT2D eigenvalue weighted by atomic mass is 32.2. The van der Waals surface area contributed by atoms with Crippen LogP contribution in [-0.4, -0.2) is 31.4 Å². The van der Waals surface area contributed by atoms with Gasteiger partial charge in [-0.1, -0.05) is 19.1 Å². The minimum Gasteiger partial charge on any atom is -0.497 e. The van der Waals surface area contributed by atoms with Crippen molar-refractivity contribution in [2.24, 2.45) is 0 Å². The molecule has 2 aromatic rings. The lowest BCUT2D eigenvalue weighted by Crippen LogP contribution is -2.40. The van der Waals surface area contributed by atoms with Crippen LogP contribution in [0.4, 0.5) is 11.4 Å². The number of anilines is 2. The fourth-order valence-electron chi connectivity index (χ4n) is 2.79. The SMILES string of the molecule is CCC1CN(CC(=O)Nc2ccc(OC)cc2)c2ccccc2S1. The number of methoxy groups -OCH3 is 1. The van der Waals surface area contributed by atoms with Gasteiger partial charge in [0.2, 0.25) is 5.91 Å². The van der Waals surface area contributed by atoms with E-state index in [4.69, 9.17) is 4.74 Å². The first-order valence-corrected chi connectivity index (χ1v) is 9.02. The van der Waals surface area contributed by atoms with Gasteiger partial charge >= 0.3 is 0 Å². The van der Waals surface area contributed by atoms with E-state index in [1.807, 2.05) is 42.1 Å². The van der Waals surface area contributed by atoms with Crippen molar-refractivity contribution in [3.05, 3.63) is 48.5 Å². The van der Waals surface area contributed by atoms with Crippen molar-refractivity contribution in [3.8, 4) is 5.75 Å². The zero-order valence-electron chi connectivity index (χ0n) is 14.0. The van der Waals surface area contributed by atoms with E-state index in [-0.39, 0.29) is 5.91 Å². The van der Waals surface area contributed by atoms with Crippen molar-refractivity contribution < 1.29 is 9.53 Å². The number of hydrogen-bond donors (Lipinski definition) is 1. The average Bonchev–Trinajstić information content (AvgIpc) is 2.62. The van der Waals surface area contributed by atoms with E-state index in [1.54, 1.807) is 7.11 Å². The normalized spacial score (nSPS) is 16.4. The first kappa shape index (κ1) is 16.7. The summed E-state index contributed by atoms with van der Waals surface area (Å²) in [6.45, 7) is 3.45. The second-order valence-electron chi connectivity index (χ2n) is 5.77. The van der Waals surface area contributed by atoms with Gasteiger partial charge in [-0.2, -0.15) is 0 Å². The van der Waals surface area contributed by atoms with Crippen LogP contribution in [-0.2, 0) is 4.79 Å². The van der Waals surface area contributed by atoms with E-state index >= 15 is 0 Å². The quantitative estimate of drug-likeness (QED) is 0.891. The summed E-state index contributed by atoms with van der Waals surface area (Å²) >= 11 is 1.91. The molecule has 126 valence electrons. The predicted molar refractivity (Wildman–Crippen MR) is 100 cm³/mol. The summed E-state index contributed by atoms with van der Waals surface area (Å²) in [6.07, 6.45) is 1.09. The number of amides is 1. The van der Waals surface area contributed by atoms with Crippen LogP contribution in [0, 0.1) is 0 Å². The molecule has 5 heteroatoms. The van der Waals surface area contributed by atoms with Crippen LogP contribution in [0.5, 0.6) is 5.75 Å². The van der Waals surface area contributed by atoms with Crippen molar-refractivity contribution in [2.45, 2.75) is 23.5 Å².